The fourth-order valence-corrected chi connectivity index (χ4v) is 4.14. The molecular weight excluding hydrogens is 388 g/mol. The predicted octanol–water partition coefficient (Wildman–Crippen LogP) is 3.09. The fourth-order valence-electron chi connectivity index (χ4n) is 4.14. The van der Waals surface area contributed by atoms with Gasteiger partial charge in [0, 0.05) is 51.0 Å². The number of nitrogens with one attached hydrogen (secondary N) is 1. The van der Waals surface area contributed by atoms with Crippen molar-refractivity contribution >= 4 is 11.6 Å². The van der Waals surface area contributed by atoms with Gasteiger partial charge < -0.3 is 20.2 Å². The summed E-state index contributed by atoms with van der Waals surface area (Å²) in [6.07, 6.45) is 0. The average Bonchev–Trinajstić information content (AvgIpc) is 3.09. The Bertz CT molecular complexity index is 1050. The van der Waals surface area contributed by atoms with E-state index in [0.29, 0.717) is 12.3 Å². The molecule has 0 atom stereocenters. The Hall–Kier alpha value is -3.48. The summed E-state index contributed by atoms with van der Waals surface area (Å²) in [5.74, 6) is 1.23. The number of aryl methyl sites for hydroxylation is 1. The van der Waals surface area contributed by atoms with Crippen molar-refractivity contribution in [2.75, 3.05) is 38.1 Å². The minimum absolute atomic E-state index is 0.333. The third kappa shape index (κ3) is 4.35. The molecule has 2 aromatic carbocycles. The Morgan fingerprint density at radius 1 is 1.00 bits per heavy atom. The van der Waals surface area contributed by atoms with Crippen LogP contribution in [-0.4, -0.2) is 59.0 Å². The van der Waals surface area contributed by atoms with E-state index < -0.39 is 0 Å². The number of guanidine groups is 1. The molecule has 162 valence electrons. The summed E-state index contributed by atoms with van der Waals surface area (Å²) in [4.78, 5) is 8.99. The molecular formula is C24H30N6O. The number of piperazine rings is 1. The first-order chi connectivity index (χ1) is 15.1. The van der Waals surface area contributed by atoms with Crippen molar-refractivity contribution in [3.63, 3.8) is 0 Å². The van der Waals surface area contributed by atoms with Gasteiger partial charge in [-0.05, 0) is 38.1 Å². The Kier molecular flexibility index (Phi) is 6.11. The van der Waals surface area contributed by atoms with Crippen LogP contribution in [0.5, 0.6) is 5.75 Å². The summed E-state index contributed by atoms with van der Waals surface area (Å²) in [7, 11) is 1.82. The van der Waals surface area contributed by atoms with Crippen LogP contribution in [0.4, 0.5) is 5.69 Å². The van der Waals surface area contributed by atoms with Crippen molar-refractivity contribution < 1.29 is 5.11 Å². The summed E-state index contributed by atoms with van der Waals surface area (Å²) in [5.41, 5.74) is 5.31. The monoisotopic (exact) mass is 418 g/mol. The Balaban J connectivity index is 1.40. The lowest BCUT2D eigenvalue weighted by atomic mass is 10.2. The molecule has 0 spiro atoms. The van der Waals surface area contributed by atoms with Gasteiger partial charge in [-0.25, -0.2) is 4.68 Å². The van der Waals surface area contributed by atoms with Crippen molar-refractivity contribution in [2.24, 2.45) is 4.99 Å². The van der Waals surface area contributed by atoms with Gasteiger partial charge in [-0.1, -0.05) is 30.3 Å². The van der Waals surface area contributed by atoms with Gasteiger partial charge in [0.05, 0.1) is 17.1 Å². The number of anilines is 1. The summed E-state index contributed by atoms with van der Waals surface area (Å²) >= 11 is 0. The highest BCUT2D eigenvalue weighted by molar-refractivity contribution is 5.80. The number of hydrogen-bond donors (Lipinski definition) is 2. The average molecular weight is 419 g/mol. The van der Waals surface area contributed by atoms with Crippen LogP contribution in [0, 0.1) is 13.8 Å². The number of nitrogens with zero attached hydrogens (tertiary/aromatic N) is 5. The number of aromatic hydroxyl groups is 1. The van der Waals surface area contributed by atoms with E-state index in [9.17, 15) is 5.11 Å². The highest BCUT2D eigenvalue weighted by Gasteiger charge is 2.22. The van der Waals surface area contributed by atoms with Gasteiger partial charge in [0.1, 0.15) is 5.75 Å². The SMILES string of the molecule is CN=C(NCc1c(C)nn(-c2ccccc2)c1C)N1CCN(c2ccccc2O)CC1. The van der Waals surface area contributed by atoms with Gasteiger partial charge in [0.25, 0.3) is 0 Å². The molecule has 7 heteroatoms. The molecule has 1 fully saturated rings. The predicted molar refractivity (Wildman–Crippen MR) is 125 cm³/mol. The van der Waals surface area contributed by atoms with Crippen LogP contribution in [-0.2, 0) is 6.54 Å². The lowest BCUT2D eigenvalue weighted by molar-refractivity contribution is 0.369. The number of para-hydroxylation sites is 3. The Labute approximate surface area is 183 Å². The van der Waals surface area contributed by atoms with E-state index in [1.54, 1.807) is 6.07 Å². The molecule has 31 heavy (non-hydrogen) atoms. The van der Waals surface area contributed by atoms with E-state index in [0.717, 1.165) is 54.9 Å². The zero-order valence-corrected chi connectivity index (χ0v) is 18.4. The van der Waals surface area contributed by atoms with E-state index in [-0.39, 0.29) is 0 Å². The zero-order valence-electron chi connectivity index (χ0n) is 18.4. The van der Waals surface area contributed by atoms with Gasteiger partial charge in [-0.15, -0.1) is 0 Å². The van der Waals surface area contributed by atoms with Gasteiger partial charge in [-0.2, -0.15) is 5.10 Å². The highest BCUT2D eigenvalue weighted by atomic mass is 16.3. The number of benzene rings is 2. The second-order valence-electron chi connectivity index (χ2n) is 7.76. The van der Waals surface area contributed by atoms with Gasteiger partial charge in [-0.3, -0.25) is 4.99 Å². The van der Waals surface area contributed by atoms with Crippen LogP contribution >= 0.6 is 0 Å². The van der Waals surface area contributed by atoms with Gasteiger partial charge in [0.15, 0.2) is 5.96 Å². The van der Waals surface area contributed by atoms with Gasteiger partial charge in [0.2, 0.25) is 0 Å². The van der Waals surface area contributed by atoms with Crippen LogP contribution in [0.3, 0.4) is 0 Å². The smallest absolute Gasteiger partial charge is 0.194 e. The maximum Gasteiger partial charge on any atom is 0.194 e. The molecule has 1 saturated heterocycles. The van der Waals surface area contributed by atoms with Crippen molar-refractivity contribution in [3.05, 3.63) is 71.5 Å². The zero-order chi connectivity index (χ0) is 21.8. The summed E-state index contributed by atoms with van der Waals surface area (Å²) < 4.78 is 2.00. The second-order valence-corrected chi connectivity index (χ2v) is 7.76. The maximum atomic E-state index is 10.1. The van der Waals surface area contributed by atoms with Crippen LogP contribution < -0.4 is 10.2 Å². The second kappa shape index (κ2) is 9.12. The minimum atomic E-state index is 0.333. The van der Waals surface area contributed by atoms with E-state index in [1.807, 2.05) is 48.1 Å². The first-order valence-electron chi connectivity index (χ1n) is 10.7. The van der Waals surface area contributed by atoms with Crippen LogP contribution in [0.2, 0.25) is 0 Å². The van der Waals surface area contributed by atoms with E-state index >= 15 is 0 Å². The fraction of sp³-hybridized carbons (Fsp3) is 0.333. The van der Waals surface area contributed by atoms with E-state index in [4.69, 9.17) is 5.10 Å². The lowest BCUT2D eigenvalue weighted by Gasteiger charge is -2.37. The maximum absolute atomic E-state index is 10.1. The van der Waals surface area contributed by atoms with E-state index in [2.05, 4.69) is 46.1 Å². The lowest BCUT2D eigenvalue weighted by Crippen LogP contribution is -2.52. The molecule has 2 heterocycles. The number of aromatic nitrogens is 2. The van der Waals surface area contributed by atoms with Crippen molar-refractivity contribution in [1.29, 1.82) is 0 Å². The van der Waals surface area contributed by atoms with Crippen molar-refractivity contribution in [3.8, 4) is 11.4 Å². The first kappa shape index (κ1) is 20.8. The van der Waals surface area contributed by atoms with Crippen LogP contribution in [0.15, 0.2) is 59.6 Å². The molecule has 3 aromatic rings. The first-order valence-corrected chi connectivity index (χ1v) is 10.7. The quantitative estimate of drug-likeness (QED) is 0.503. The largest absolute Gasteiger partial charge is 0.506 e. The third-order valence-electron chi connectivity index (χ3n) is 5.88. The molecule has 2 N–H and O–H groups in total. The molecule has 0 saturated carbocycles. The summed E-state index contributed by atoms with van der Waals surface area (Å²) in [5, 5.41) is 18.4. The minimum Gasteiger partial charge on any atom is -0.506 e. The number of aliphatic imine (C=N–C) groups is 1. The van der Waals surface area contributed by atoms with Crippen LogP contribution in [0.1, 0.15) is 17.0 Å². The molecule has 0 unspecified atom stereocenters. The van der Waals surface area contributed by atoms with E-state index in [1.165, 1.54) is 5.56 Å². The molecule has 0 radical (unpaired) electrons. The molecule has 1 aromatic heterocycles. The molecule has 1 aliphatic heterocycles. The van der Waals surface area contributed by atoms with Crippen molar-refractivity contribution in [2.45, 2.75) is 20.4 Å². The summed E-state index contributed by atoms with van der Waals surface area (Å²) in [6, 6.07) is 17.7. The molecule has 4 rings (SSSR count). The molecule has 7 nitrogen and oxygen atoms in total. The number of hydrogen-bond acceptors (Lipinski definition) is 4. The van der Waals surface area contributed by atoms with Crippen LogP contribution in [0.25, 0.3) is 5.69 Å². The normalized spacial score (nSPS) is 14.7. The number of phenolic OH excluding ortho intramolecular Hbond substituents is 1. The molecule has 1 aliphatic rings. The highest BCUT2D eigenvalue weighted by Crippen LogP contribution is 2.27. The number of rotatable bonds is 4. The Morgan fingerprint density at radius 2 is 1.68 bits per heavy atom. The number of phenols is 1. The van der Waals surface area contributed by atoms with Crippen molar-refractivity contribution in [1.82, 2.24) is 20.0 Å². The summed E-state index contributed by atoms with van der Waals surface area (Å²) in [6.45, 7) is 8.20. The molecule has 0 bridgehead atoms. The standard InChI is InChI=1S/C24H30N6O/c1-18-21(19(2)30(27-18)20-9-5-4-6-10-20)17-26-24(25-3)29-15-13-28(14-16-29)22-11-7-8-12-23(22)31/h4-12,31H,13-17H2,1-3H3,(H,25,26). The topological polar surface area (TPSA) is 68.9 Å². The molecule has 0 aliphatic carbocycles. The third-order valence-corrected chi connectivity index (χ3v) is 5.88. The van der Waals surface area contributed by atoms with Gasteiger partial charge >= 0.3 is 0 Å². The molecule has 0 amide bonds. The Morgan fingerprint density at radius 3 is 2.35 bits per heavy atom.